The second kappa shape index (κ2) is 7.54. The number of ether oxygens (including phenoxy) is 2. The molecule has 2 heterocycles. The molecule has 0 bridgehead atoms. The maximum absolute atomic E-state index is 13.2. The summed E-state index contributed by atoms with van der Waals surface area (Å²) in [7, 11) is 0. The summed E-state index contributed by atoms with van der Waals surface area (Å²) in [6, 6.07) is 26.1. The summed E-state index contributed by atoms with van der Waals surface area (Å²) in [4.78, 5) is 15.7. The van der Waals surface area contributed by atoms with Gasteiger partial charge in [0, 0.05) is 36.7 Å². The SMILES string of the molecule is O=C(OCC1C2CN(Cc3ccccc3)C[C@H]12)C1c2ccccc2Oc2ccccc21. The van der Waals surface area contributed by atoms with Crippen molar-refractivity contribution in [3.8, 4) is 11.5 Å². The fourth-order valence-corrected chi connectivity index (χ4v) is 5.38. The summed E-state index contributed by atoms with van der Waals surface area (Å²) in [6.07, 6.45) is 0. The molecular weight excluding hydrogens is 386 g/mol. The zero-order valence-electron chi connectivity index (χ0n) is 17.3. The summed E-state index contributed by atoms with van der Waals surface area (Å²) in [5.74, 6) is 2.70. The number of fused-ring (bicyclic) bond motifs is 3. The van der Waals surface area contributed by atoms with Crippen molar-refractivity contribution in [2.75, 3.05) is 19.7 Å². The van der Waals surface area contributed by atoms with E-state index in [2.05, 4.69) is 35.2 Å². The zero-order valence-corrected chi connectivity index (χ0v) is 17.3. The molecule has 3 aliphatic rings. The first-order chi connectivity index (χ1) is 15.3. The van der Waals surface area contributed by atoms with Crippen LogP contribution in [0.1, 0.15) is 22.6 Å². The van der Waals surface area contributed by atoms with E-state index in [1.54, 1.807) is 0 Å². The Labute approximate surface area is 182 Å². The molecule has 0 spiro atoms. The lowest BCUT2D eigenvalue weighted by Gasteiger charge is -2.27. The molecule has 4 heteroatoms. The van der Waals surface area contributed by atoms with Gasteiger partial charge in [0.2, 0.25) is 0 Å². The van der Waals surface area contributed by atoms with Gasteiger partial charge in [-0.1, -0.05) is 66.7 Å². The number of carbonyl (C=O) groups is 1. The Kier molecular flexibility index (Phi) is 4.53. The lowest BCUT2D eigenvalue weighted by atomic mass is 9.88. The fraction of sp³-hybridized carbons (Fsp3) is 0.296. The molecule has 156 valence electrons. The lowest BCUT2D eigenvalue weighted by Crippen LogP contribution is -2.26. The zero-order chi connectivity index (χ0) is 20.8. The summed E-state index contributed by atoms with van der Waals surface area (Å²) >= 11 is 0. The molecule has 0 N–H and O–H groups in total. The van der Waals surface area contributed by atoms with Crippen LogP contribution in [0.15, 0.2) is 78.9 Å². The first-order valence-electron chi connectivity index (χ1n) is 11.1. The average Bonchev–Trinajstić information content (AvgIpc) is 3.26. The Bertz CT molecular complexity index is 1050. The molecule has 3 aromatic rings. The van der Waals surface area contributed by atoms with Crippen molar-refractivity contribution in [2.45, 2.75) is 12.5 Å². The number of likely N-dealkylation sites (tertiary alicyclic amines) is 1. The van der Waals surface area contributed by atoms with Gasteiger partial charge in [-0.3, -0.25) is 9.69 Å². The van der Waals surface area contributed by atoms with Crippen molar-refractivity contribution in [3.05, 3.63) is 95.6 Å². The Hall–Kier alpha value is -3.11. The van der Waals surface area contributed by atoms with Crippen LogP contribution >= 0.6 is 0 Å². The van der Waals surface area contributed by atoms with Gasteiger partial charge in [-0.05, 0) is 29.5 Å². The van der Waals surface area contributed by atoms with Crippen molar-refractivity contribution in [2.24, 2.45) is 17.8 Å². The summed E-state index contributed by atoms with van der Waals surface area (Å²) in [6.45, 7) is 3.74. The van der Waals surface area contributed by atoms with Gasteiger partial charge in [0.25, 0.3) is 0 Å². The van der Waals surface area contributed by atoms with Gasteiger partial charge in [0.1, 0.15) is 17.4 Å². The largest absolute Gasteiger partial charge is 0.465 e. The van der Waals surface area contributed by atoms with Crippen LogP contribution in [0.3, 0.4) is 0 Å². The molecule has 0 radical (unpaired) electrons. The molecule has 2 unspecified atom stereocenters. The van der Waals surface area contributed by atoms with E-state index in [9.17, 15) is 4.79 Å². The highest BCUT2D eigenvalue weighted by Gasteiger charge is 2.56. The minimum absolute atomic E-state index is 0.172. The topological polar surface area (TPSA) is 38.8 Å². The number of carbonyl (C=O) groups excluding carboxylic acids is 1. The van der Waals surface area contributed by atoms with Gasteiger partial charge < -0.3 is 9.47 Å². The second-order valence-corrected chi connectivity index (χ2v) is 8.91. The van der Waals surface area contributed by atoms with Crippen molar-refractivity contribution < 1.29 is 14.3 Å². The van der Waals surface area contributed by atoms with Crippen molar-refractivity contribution in [3.63, 3.8) is 0 Å². The normalized spacial score (nSPS) is 23.9. The smallest absolute Gasteiger partial charge is 0.318 e. The average molecular weight is 412 g/mol. The molecule has 2 fully saturated rings. The van der Waals surface area contributed by atoms with Crippen LogP contribution in [0, 0.1) is 17.8 Å². The molecule has 3 atom stereocenters. The number of hydrogen-bond acceptors (Lipinski definition) is 4. The van der Waals surface area contributed by atoms with Crippen molar-refractivity contribution in [1.82, 2.24) is 4.90 Å². The maximum atomic E-state index is 13.2. The van der Waals surface area contributed by atoms with Crippen LogP contribution in [0.25, 0.3) is 0 Å². The predicted octanol–water partition coefficient (Wildman–Crippen LogP) is 4.85. The molecule has 2 aliphatic heterocycles. The number of benzene rings is 3. The third-order valence-electron chi connectivity index (χ3n) is 7.03. The van der Waals surface area contributed by atoms with Crippen LogP contribution in [-0.2, 0) is 16.1 Å². The van der Waals surface area contributed by atoms with Crippen molar-refractivity contribution in [1.29, 1.82) is 0 Å². The van der Waals surface area contributed by atoms with Crippen molar-refractivity contribution >= 4 is 5.97 Å². The Morgan fingerprint density at radius 3 is 2.06 bits per heavy atom. The molecule has 3 aromatic carbocycles. The quantitative estimate of drug-likeness (QED) is 0.563. The van der Waals surface area contributed by atoms with E-state index in [1.165, 1.54) is 5.56 Å². The van der Waals surface area contributed by atoms with Crippen LogP contribution in [0.5, 0.6) is 11.5 Å². The highest BCUT2D eigenvalue weighted by molar-refractivity contribution is 5.85. The minimum Gasteiger partial charge on any atom is -0.465 e. The fourth-order valence-electron chi connectivity index (χ4n) is 5.38. The summed E-state index contributed by atoms with van der Waals surface area (Å²) in [5.41, 5.74) is 3.14. The summed E-state index contributed by atoms with van der Waals surface area (Å²) < 4.78 is 11.9. The number of para-hydroxylation sites is 2. The molecule has 0 aromatic heterocycles. The number of hydrogen-bond donors (Lipinski definition) is 0. The number of esters is 1. The Morgan fingerprint density at radius 1 is 0.839 bits per heavy atom. The monoisotopic (exact) mass is 411 g/mol. The van der Waals surface area contributed by atoms with Crippen LogP contribution in [0.2, 0.25) is 0 Å². The van der Waals surface area contributed by atoms with Gasteiger partial charge in [-0.15, -0.1) is 0 Å². The molecule has 1 saturated carbocycles. The molecule has 1 saturated heterocycles. The van der Waals surface area contributed by atoms with E-state index in [0.717, 1.165) is 42.3 Å². The molecule has 0 amide bonds. The predicted molar refractivity (Wildman–Crippen MR) is 118 cm³/mol. The van der Waals surface area contributed by atoms with E-state index in [0.29, 0.717) is 24.4 Å². The highest BCUT2D eigenvalue weighted by atomic mass is 16.5. The maximum Gasteiger partial charge on any atom is 0.318 e. The molecule has 1 aliphatic carbocycles. The highest BCUT2D eigenvalue weighted by Crippen LogP contribution is 2.52. The van der Waals surface area contributed by atoms with E-state index in [-0.39, 0.29) is 5.97 Å². The molecule has 6 rings (SSSR count). The third-order valence-corrected chi connectivity index (χ3v) is 7.03. The van der Waals surface area contributed by atoms with Gasteiger partial charge in [0.05, 0.1) is 6.61 Å². The molecule has 31 heavy (non-hydrogen) atoms. The van der Waals surface area contributed by atoms with E-state index in [4.69, 9.17) is 9.47 Å². The number of piperidine rings is 1. The van der Waals surface area contributed by atoms with Gasteiger partial charge in [-0.25, -0.2) is 0 Å². The van der Waals surface area contributed by atoms with E-state index >= 15 is 0 Å². The first kappa shape index (κ1) is 18.6. The van der Waals surface area contributed by atoms with Gasteiger partial charge in [0.15, 0.2) is 0 Å². The van der Waals surface area contributed by atoms with E-state index in [1.807, 2.05) is 48.5 Å². The minimum atomic E-state index is -0.422. The Balaban J connectivity index is 1.09. The van der Waals surface area contributed by atoms with Gasteiger partial charge in [-0.2, -0.15) is 0 Å². The van der Waals surface area contributed by atoms with Gasteiger partial charge >= 0.3 is 5.97 Å². The summed E-state index contributed by atoms with van der Waals surface area (Å²) in [5, 5.41) is 0. The molecular formula is C27H25NO3. The number of rotatable bonds is 5. The third kappa shape index (κ3) is 3.41. The second-order valence-electron chi connectivity index (χ2n) is 8.91. The lowest BCUT2D eigenvalue weighted by molar-refractivity contribution is -0.145. The first-order valence-corrected chi connectivity index (χ1v) is 11.1. The Morgan fingerprint density at radius 2 is 1.42 bits per heavy atom. The van der Waals surface area contributed by atoms with Crippen LogP contribution in [0.4, 0.5) is 0 Å². The van der Waals surface area contributed by atoms with Crippen LogP contribution in [-0.4, -0.2) is 30.6 Å². The standard InChI is InChI=1S/C27H25NO3/c29-27(26-19-10-4-6-12-24(19)31-25-13-7-5-11-20(25)26)30-17-23-21-15-28(16-22(21)23)14-18-8-2-1-3-9-18/h1-13,21-23,26H,14-17H2/t21-,22?,23?/m0/s1. The molecule has 4 nitrogen and oxygen atoms in total. The number of nitrogens with zero attached hydrogens (tertiary/aromatic N) is 1. The van der Waals surface area contributed by atoms with Crippen LogP contribution < -0.4 is 4.74 Å². The van der Waals surface area contributed by atoms with E-state index < -0.39 is 5.92 Å².